The first-order valence-electron chi connectivity index (χ1n) is 10.1. The highest BCUT2D eigenvalue weighted by Crippen LogP contribution is 2.37. The number of sulfone groups is 1. The molecule has 0 aliphatic carbocycles. The van der Waals surface area contributed by atoms with Gasteiger partial charge in [-0.1, -0.05) is 6.07 Å². The largest absolute Gasteiger partial charge is 0.466 e. The number of esters is 1. The molecule has 0 unspecified atom stereocenters. The number of rotatable bonds is 6. The first-order chi connectivity index (χ1) is 15.3. The lowest BCUT2D eigenvalue weighted by molar-refractivity contribution is -0.383. The number of ether oxygens (including phenoxy) is 1. The number of nitro groups is 1. The third-order valence-corrected chi connectivity index (χ3v) is 6.87. The minimum Gasteiger partial charge on any atom is -0.466 e. The maximum absolute atomic E-state index is 12.1. The minimum atomic E-state index is -3.52. The topological polar surface area (TPSA) is 145 Å². The molecular formula is C20H21N5O6S. The Morgan fingerprint density at radius 2 is 2.06 bits per heavy atom. The highest BCUT2D eigenvalue weighted by Gasteiger charge is 2.32. The number of benzene rings is 1. The van der Waals surface area contributed by atoms with Gasteiger partial charge in [0.05, 0.1) is 22.3 Å². The second-order valence-electron chi connectivity index (χ2n) is 7.39. The number of aromatic nitrogens is 2. The Balaban J connectivity index is 1.59. The molecule has 1 aromatic heterocycles. The van der Waals surface area contributed by atoms with Crippen LogP contribution in [-0.4, -0.2) is 49.0 Å². The number of hydrogen-bond acceptors (Lipinski definition) is 10. The van der Waals surface area contributed by atoms with Crippen LogP contribution in [0.15, 0.2) is 34.8 Å². The Hall–Kier alpha value is -3.54. The Morgan fingerprint density at radius 1 is 1.31 bits per heavy atom. The molecule has 12 heteroatoms. The quantitative estimate of drug-likeness (QED) is 0.389. The van der Waals surface area contributed by atoms with Crippen molar-refractivity contribution in [1.29, 1.82) is 0 Å². The van der Waals surface area contributed by atoms with Crippen molar-refractivity contribution in [1.82, 2.24) is 9.97 Å². The molecule has 0 radical (unpaired) electrons. The molecule has 0 atom stereocenters. The van der Waals surface area contributed by atoms with Crippen molar-refractivity contribution >= 4 is 44.9 Å². The van der Waals surface area contributed by atoms with Crippen molar-refractivity contribution < 1.29 is 22.9 Å². The molecule has 1 aromatic carbocycles. The molecule has 2 aromatic rings. The molecule has 2 aliphatic rings. The third-order valence-electron chi connectivity index (χ3n) is 5.41. The summed E-state index contributed by atoms with van der Waals surface area (Å²) in [4.78, 5) is 33.3. The molecule has 0 saturated carbocycles. The maximum atomic E-state index is 12.1. The SMILES string of the molecule is CCOC(=O)C1CCN(c2ncnc(Nc3ccc4c(c3)S(=O)(=O)C=C4)c2[N+](=O)[O-])CC1. The maximum Gasteiger partial charge on any atom is 0.353 e. The number of piperidine rings is 1. The average Bonchev–Trinajstić information content (AvgIpc) is 3.08. The van der Waals surface area contributed by atoms with Crippen molar-refractivity contribution in [3.63, 3.8) is 0 Å². The number of carbonyl (C=O) groups excluding carboxylic acids is 1. The van der Waals surface area contributed by atoms with E-state index in [4.69, 9.17) is 4.74 Å². The Bertz CT molecular complexity index is 1200. The van der Waals surface area contributed by atoms with Gasteiger partial charge in [-0.2, -0.15) is 0 Å². The fourth-order valence-electron chi connectivity index (χ4n) is 3.82. The van der Waals surface area contributed by atoms with Crippen LogP contribution in [0.3, 0.4) is 0 Å². The molecule has 168 valence electrons. The molecule has 2 aliphatic heterocycles. The fraction of sp³-hybridized carbons (Fsp3) is 0.350. The number of anilines is 3. The number of fused-ring (bicyclic) bond motifs is 1. The number of hydrogen-bond donors (Lipinski definition) is 1. The van der Waals surface area contributed by atoms with Crippen LogP contribution in [-0.2, 0) is 19.4 Å². The van der Waals surface area contributed by atoms with E-state index in [0.717, 1.165) is 5.41 Å². The van der Waals surface area contributed by atoms with Crippen LogP contribution in [0.4, 0.5) is 23.0 Å². The van der Waals surface area contributed by atoms with Gasteiger partial charge in [0.1, 0.15) is 6.33 Å². The van der Waals surface area contributed by atoms with E-state index in [0.29, 0.717) is 43.8 Å². The van der Waals surface area contributed by atoms with Crippen LogP contribution in [0, 0.1) is 16.0 Å². The van der Waals surface area contributed by atoms with Gasteiger partial charge in [0.15, 0.2) is 0 Å². The summed E-state index contributed by atoms with van der Waals surface area (Å²) in [7, 11) is -3.52. The van der Waals surface area contributed by atoms with Gasteiger partial charge in [-0.15, -0.1) is 0 Å². The van der Waals surface area contributed by atoms with Crippen molar-refractivity contribution in [3.05, 3.63) is 45.6 Å². The highest BCUT2D eigenvalue weighted by molar-refractivity contribution is 7.94. The van der Waals surface area contributed by atoms with Crippen LogP contribution in [0.25, 0.3) is 6.08 Å². The predicted octanol–water partition coefficient (Wildman–Crippen LogP) is 2.67. The first-order valence-corrected chi connectivity index (χ1v) is 11.6. The van der Waals surface area contributed by atoms with Gasteiger partial charge in [0.25, 0.3) is 0 Å². The molecule has 32 heavy (non-hydrogen) atoms. The van der Waals surface area contributed by atoms with Gasteiger partial charge in [0.2, 0.25) is 21.5 Å². The smallest absolute Gasteiger partial charge is 0.353 e. The van der Waals surface area contributed by atoms with Crippen LogP contribution < -0.4 is 10.2 Å². The van der Waals surface area contributed by atoms with Gasteiger partial charge in [-0.05, 0) is 43.5 Å². The van der Waals surface area contributed by atoms with E-state index in [2.05, 4.69) is 15.3 Å². The molecule has 3 heterocycles. The van der Waals surface area contributed by atoms with Crippen LogP contribution in [0.1, 0.15) is 25.3 Å². The zero-order chi connectivity index (χ0) is 22.9. The molecule has 0 bridgehead atoms. The second kappa shape index (κ2) is 8.54. The lowest BCUT2D eigenvalue weighted by atomic mass is 9.97. The zero-order valence-corrected chi connectivity index (χ0v) is 18.0. The zero-order valence-electron chi connectivity index (χ0n) is 17.2. The fourth-order valence-corrected chi connectivity index (χ4v) is 5.04. The molecular weight excluding hydrogens is 438 g/mol. The minimum absolute atomic E-state index is 0.0455. The molecule has 0 amide bonds. The van der Waals surface area contributed by atoms with Crippen LogP contribution >= 0.6 is 0 Å². The number of nitrogens with one attached hydrogen (secondary N) is 1. The summed E-state index contributed by atoms with van der Waals surface area (Å²) in [6, 6.07) is 4.66. The van der Waals surface area contributed by atoms with Crippen molar-refractivity contribution in [2.75, 3.05) is 29.9 Å². The van der Waals surface area contributed by atoms with Crippen LogP contribution in [0.2, 0.25) is 0 Å². The van der Waals surface area contributed by atoms with Gasteiger partial charge in [0, 0.05) is 24.2 Å². The van der Waals surface area contributed by atoms with E-state index in [1.165, 1.54) is 18.5 Å². The molecule has 4 rings (SSSR count). The highest BCUT2D eigenvalue weighted by atomic mass is 32.2. The summed E-state index contributed by atoms with van der Waals surface area (Å²) in [6.45, 7) is 2.87. The lowest BCUT2D eigenvalue weighted by Gasteiger charge is -2.31. The lowest BCUT2D eigenvalue weighted by Crippen LogP contribution is -2.37. The Labute approximate surface area is 184 Å². The third kappa shape index (κ3) is 4.13. The van der Waals surface area contributed by atoms with E-state index in [-0.39, 0.29) is 34.1 Å². The Kier molecular flexibility index (Phi) is 5.78. The summed E-state index contributed by atoms with van der Waals surface area (Å²) < 4.78 is 29.3. The standard InChI is InChI=1S/C20H21N5O6S/c1-2-31-20(26)14-5-8-24(9-6-14)19-17(25(27)28)18(21-12-22-19)23-15-4-3-13-7-10-32(29,30)16(13)11-15/h3-4,7,10-12,14H,2,5-6,8-9H2,1H3,(H,21,22,23). The molecule has 11 nitrogen and oxygen atoms in total. The predicted molar refractivity (Wildman–Crippen MR) is 116 cm³/mol. The van der Waals surface area contributed by atoms with Gasteiger partial charge >= 0.3 is 11.7 Å². The van der Waals surface area contributed by atoms with Gasteiger partial charge in [-0.3, -0.25) is 14.9 Å². The normalized spacial score (nSPS) is 17.1. The second-order valence-corrected chi connectivity index (χ2v) is 9.19. The molecule has 1 N–H and O–H groups in total. The van der Waals surface area contributed by atoms with E-state index in [1.807, 2.05) is 0 Å². The van der Waals surface area contributed by atoms with Crippen LogP contribution in [0.5, 0.6) is 0 Å². The molecule has 0 spiro atoms. The van der Waals surface area contributed by atoms with Gasteiger partial charge in [-0.25, -0.2) is 18.4 Å². The van der Waals surface area contributed by atoms with Crippen molar-refractivity contribution in [2.45, 2.75) is 24.7 Å². The molecule has 1 saturated heterocycles. The first kappa shape index (κ1) is 21.7. The summed E-state index contributed by atoms with van der Waals surface area (Å²) in [5.41, 5.74) is 0.589. The van der Waals surface area contributed by atoms with Gasteiger partial charge < -0.3 is 15.0 Å². The average molecular weight is 459 g/mol. The van der Waals surface area contributed by atoms with E-state index < -0.39 is 14.8 Å². The monoisotopic (exact) mass is 459 g/mol. The van der Waals surface area contributed by atoms with E-state index >= 15 is 0 Å². The summed E-state index contributed by atoms with van der Waals surface area (Å²) in [6.07, 6.45) is 3.71. The van der Waals surface area contributed by atoms with E-state index in [1.54, 1.807) is 24.0 Å². The summed E-state index contributed by atoms with van der Waals surface area (Å²) >= 11 is 0. The molecule has 1 fully saturated rings. The Morgan fingerprint density at radius 3 is 2.75 bits per heavy atom. The summed E-state index contributed by atoms with van der Waals surface area (Å²) in [5, 5.41) is 15.9. The summed E-state index contributed by atoms with van der Waals surface area (Å²) in [5.74, 6) is -0.402. The van der Waals surface area contributed by atoms with Crippen molar-refractivity contribution in [2.24, 2.45) is 5.92 Å². The van der Waals surface area contributed by atoms with E-state index in [9.17, 15) is 23.3 Å². The number of carbonyl (C=O) groups is 1. The number of nitrogens with zero attached hydrogens (tertiary/aromatic N) is 4. The van der Waals surface area contributed by atoms with Crippen molar-refractivity contribution in [3.8, 4) is 0 Å².